The lowest BCUT2D eigenvalue weighted by atomic mass is 9.77. The lowest BCUT2D eigenvalue weighted by molar-refractivity contribution is 0.0283. The van der Waals surface area contributed by atoms with E-state index in [1.165, 1.54) is 38.6 Å². The van der Waals surface area contributed by atoms with Crippen molar-refractivity contribution < 1.29 is 9.84 Å². The van der Waals surface area contributed by atoms with Crippen molar-refractivity contribution >= 4 is 0 Å². The maximum absolute atomic E-state index is 10.2. The second-order valence-electron chi connectivity index (χ2n) is 6.66. The molecule has 0 amide bonds. The van der Waals surface area contributed by atoms with Gasteiger partial charge in [-0.1, -0.05) is 19.8 Å². The summed E-state index contributed by atoms with van der Waals surface area (Å²) < 4.78 is 5.26. The summed E-state index contributed by atoms with van der Waals surface area (Å²) in [6, 6.07) is 0. The van der Waals surface area contributed by atoms with E-state index >= 15 is 0 Å². The van der Waals surface area contributed by atoms with Crippen molar-refractivity contribution in [3.63, 3.8) is 0 Å². The van der Waals surface area contributed by atoms with E-state index in [0.29, 0.717) is 11.8 Å². The van der Waals surface area contributed by atoms with Crippen molar-refractivity contribution in [2.45, 2.75) is 51.6 Å². The minimum absolute atomic E-state index is 0.0606. The molecule has 4 unspecified atom stereocenters. The second kappa shape index (κ2) is 7.61. The van der Waals surface area contributed by atoms with Crippen LogP contribution in [0.4, 0.5) is 0 Å². The number of hydrogen-bond acceptors (Lipinski definition) is 3. The average molecular weight is 269 g/mol. The summed E-state index contributed by atoms with van der Waals surface area (Å²) in [5.41, 5.74) is 0. The number of likely N-dealkylation sites (tertiary alicyclic amines) is 1. The fraction of sp³-hybridized carbons (Fsp3) is 1.00. The van der Waals surface area contributed by atoms with Crippen LogP contribution >= 0.6 is 0 Å². The van der Waals surface area contributed by atoms with Gasteiger partial charge in [0.25, 0.3) is 0 Å². The molecule has 2 aliphatic rings. The molecule has 1 N–H and O–H groups in total. The maximum Gasteiger partial charge on any atom is 0.0580 e. The largest absolute Gasteiger partial charge is 0.393 e. The molecule has 2 rings (SSSR count). The summed E-state index contributed by atoms with van der Waals surface area (Å²) in [5, 5.41) is 10.2. The van der Waals surface area contributed by atoms with E-state index in [2.05, 4.69) is 11.8 Å². The summed E-state index contributed by atoms with van der Waals surface area (Å²) in [6.45, 7) is 6.62. The van der Waals surface area contributed by atoms with Crippen molar-refractivity contribution in [1.82, 2.24) is 4.90 Å². The minimum atomic E-state index is -0.0606. The van der Waals surface area contributed by atoms with Crippen molar-refractivity contribution in [2.75, 3.05) is 33.4 Å². The van der Waals surface area contributed by atoms with Gasteiger partial charge in [-0.3, -0.25) is 0 Å². The SMILES string of the molecule is CCCC1CCC(O)C(CN2CCC(COC)C2)C1. The zero-order valence-corrected chi connectivity index (χ0v) is 12.7. The Morgan fingerprint density at radius 2 is 2.05 bits per heavy atom. The van der Waals surface area contributed by atoms with Gasteiger partial charge in [0.1, 0.15) is 0 Å². The van der Waals surface area contributed by atoms with Gasteiger partial charge in [0, 0.05) is 20.2 Å². The zero-order valence-electron chi connectivity index (χ0n) is 12.7. The molecular weight excluding hydrogens is 238 g/mol. The lowest BCUT2D eigenvalue weighted by Gasteiger charge is -2.35. The molecule has 0 bridgehead atoms. The molecule has 0 aromatic rings. The molecular formula is C16H31NO2. The molecule has 3 nitrogen and oxygen atoms in total. The van der Waals surface area contributed by atoms with Gasteiger partial charge < -0.3 is 14.7 Å². The van der Waals surface area contributed by atoms with Crippen LogP contribution in [0.15, 0.2) is 0 Å². The number of aliphatic hydroxyl groups is 1. The predicted octanol–water partition coefficient (Wildman–Crippen LogP) is 2.53. The topological polar surface area (TPSA) is 32.7 Å². The third-order valence-corrected chi connectivity index (χ3v) is 5.01. The molecule has 1 saturated heterocycles. The Balaban J connectivity index is 1.77. The van der Waals surface area contributed by atoms with Crippen molar-refractivity contribution in [2.24, 2.45) is 17.8 Å². The van der Waals surface area contributed by atoms with E-state index in [1.54, 1.807) is 7.11 Å². The summed E-state index contributed by atoms with van der Waals surface area (Å²) in [4.78, 5) is 2.55. The summed E-state index contributed by atoms with van der Waals surface area (Å²) >= 11 is 0. The highest BCUT2D eigenvalue weighted by molar-refractivity contribution is 4.84. The number of methoxy groups -OCH3 is 1. The first-order valence-electron chi connectivity index (χ1n) is 8.12. The molecule has 1 aliphatic heterocycles. The van der Waals surface area contributed by atoms with E-state index in [4.69, 9.17) is 4.74 Å². The molecule has 1 aliphatic carbocycles. The number of aliphatic hydroxyl groups excluding tert-OH is 1. The predicted molar refractivity (Wildman–Crippen MR) is 78.2 cm³/mol. The number of nitrogens with zero attached hydrogens (tertiary/aromatic N) is 1. The Morgan fingerprint density at radius 3 is 2.79 bits per heavy atom. The summed E-state index contributed by atoms with van der Waals surface area (Å²) in [7, 11) is 1.79. The van der Waals surface area contributed by atoms with Crippen LogP contribution in [-0.2, 0) is 4.74 Å². The van der Waals surface area contributed by atoms with Crippen molar-refractivity contribution in [1.29, 1.82) is 0 Å². The Hall–Kier alpha value is -0.120. The average Bonchev–Trinajstić information content (AvgIpc) is 2.82. The molecule has 4 atom stereocenters. The molecule has 0 radical (unpaired) electrons. The number of rotatable bonds is 6. The van der Waals surface area contributed by atoms with Crippen molar-refractivity contribution in [3.05, 3.63) is 0 Å². The molecule has 0 aromatic heterocycles. The van der Waals surface area contributed by atoms with Gasteiger partial charge in [-0.05, 0) is 50.0 Å². The van der Waals surface area contributed by atoms with Gasteiger partial charge >= 0.3 is 0 Å². The third-order valence-electron chi connectivity index (χ3n) is 5.01. The Labute approximate surface area is 118 Å². The zero-order chi connectivity index (χ0) is 13.7. The van der Waals surface area contributed by atoms with E-state index in [1.807, 2.05) is 0 Å². The molecule has 0 aromatic carbocycles. The fourth-order valence-electron chi connectivity index (χ4n) is 3.99. The molecule has 0 spiro atoms. The molecule has 1 heterocycles. The van der Waals surface area contributed by atoms with Gasteiger partial charge in [0.05, 0.1) is 12.7 Å². The maximum atomic E-state index is 10.2. The third kappa shape index (κ3) is 4.44. The van der Waals surface area contributed by atoms with Gasteiger partial charge in [-0.25, -0.2) is 0 Å². The Bertz CT molecular complexity index is 259. The van der Waals surface area contributed by atoms with E-state index in [-0.39, 0.29) is 6.10 Å². The van der Waals surface area contributed by atoms with Gasteiger partial charge in [0.2, 0.25) is 0 Å². The summed E-state index contributed by atoms with van der Waals surface area (Å²) in [6.07, 6.45) is 7.32. The van der Waals surface area contributed by atoms with Gasteiger partial charge in [-0.15, -0.1) is 0 Å². The minimum Gasteiger partial charge on any atom is -0.393 e. The van der Waals surface area contributed by atoms with Crippen molar-refractivity contribution in [3.8, 4) is 0 Å². The molecule has 3 heteroatoms. The van der Waals surface area contributed by atoms with Crippen LogP contribution in [0.2, 0.25) is 0 Å². The number of hydrogen-bond donors (Lipinski definition) is 1. The monoisotopic (exact) mass is 269 g/mol. The van der Waals surface area contributed by atoms with E-state index in [9.17, 15) is 5.11 Å². The quantitative estimate of drug-likeness (QED) is 0.804. The van der Waals surface area contributed by atoms with E-state index in [0.717, 1.165) is 32.0 Å². The van der Waals surface area contributed by atoms with Crippen LogP contribution in [0.25, 0.3) is 0 Å². The van der Waals surface area contributed by atoms with Crippen LogP contribution in [0.3, 0.4) is 0 Å². The normalized spacial score (nSPS) is 36.8. The van der Waals surface area contributed by atoms with E-state index < -0.39 is 0 Å². The van der Waals surface area contributed by atoms with Crippen LogP contribution < -0.4 is 0 Å². The van der Waals surface area contributed by atoms with Gasteiger partial charge in [0.15, 0.2) is 0 Å². The Kier molecular flexibility index (Phi) is 6.11. The fourth-order valence-corrected chi connectivity index (χ4v) is 3.99. The number of ether oxygens (including phenoxy) is 1. The molecule has 1 saturated carbocycles. The highest BCUT2D eigenvalue weighted by atomic mass is 16.5. The van der Waals surface area contributed by atoms with Crippen LogP contribution in [0.5, 0.6) is 0 Å². The standard InChI is InChI=1S/C16H31NO2/c1-3-4-13-5-6-16(18)15(9-13)11-17-8-7-14(10-17)12-19-2/h13-16,18H,3-12H2,1-2H3. The first-order valence-corrected chi connectivity index (χ1v) is 8.12. The highest BCUT2D eigenvalue weighted by Gasteiger charge is 2.32. The lowest BCUT2D eigenvalue weighted by Crippen LogP contribution is -2.38. The highest BCUT2D eigenvalue weighted by Crippen LogP contribution is 2.33. The first kappa shape index (κ1) is 15.3. The molecule has 2 fully saturated rings. The second-order valence-corrected chi connectivity index (χ2v) is 6.66. The van der Waals surface area contributed by atoms with Crippen LogP contribution in [-0.4, -0.2) is 49.5 Å². The summed E-state index contributed by atoms with van der Waals surface area (Å²) in [5.74, 6) is 2.07. The van der Waals surface area contributed by atoms with Crippen LogP contribution in [0.1, 0.15) is 45.4 Å². The Morgan fingerprint density at radius 1 is 1.21 bits per heavy atom. The smallest absolute Gasteiger partial charge is 0.0580 e. The van der Waals surface area contributed by atoms with Gasteiger partial charge in [-0.2, -0.15) is 0 Å². The molecule has 112 valence electrons. The van der Waals surface area contributed by atoms with Crippen LogP contribution in [0, 0.1) is 17.8 Å². The first-order chi connectivity index (χ1) is 9.22. The molecule has 19 heavy (non-hydrogen) atoms.